The lowest BCUT2D eigenvalue weighted by molar-refractivity contribution is 0.0527. The lowest BCUT2D eigenvalue weighted by Gasteiger charge is -2.06. The van der Waals surface area contributed by atoms with Crippen LogP contribution >= 0.6 is 11.3 Å². The second-order valence-corrected chi connectivity index (χ2v) is 8.66. The number of ether oxygens (including phenoxy) is 2. The van der Waals surface area contributed by atoms with Gasteiger partial charge in [-0.1, -0.05) is 0 Å². The molecule has 1 fully saturated rings. The van der Waals surface area contributed by atoms with Crippen LogP contribution in [0.15, 0.2) is 12.1 Å². The van der Waals surface area contributed by atoms with Crippen LogP contribution in [0.2, 0.25) is 0 Å². The van der Waals surface area contributed by atoms with Crippen molar-refractivity contribution in [2.45, 2.75) is 46.0 Å². The number of anilines is 1. The van der Waals surface area contributed by atoms with Gasteiger partial charge < -0.3 is 14.8 Å². The van der Waals surface area contributed by atoms with E-state index in [1.807, 2.05) is 0 Å². The average molecular weight is 493 g/mol. The van der Waals surface area contributed by atoms with E-state index in [0.717, 1.165) is 28.7 Å². The van der Waals surface area contributed by atoms with E-state index in [4.69, 9.17) is 9.47 Å². The third-order valence-electron chi connectivity index (χ3n) is 5.24. The number of hydrogen-bond donors (Lipinski definition) is 1. The Morgan fingerprint density at radius 3 is 2.47 bits per heavy atom. The summed E-state index contributed by atoms with van der Waals surface area (Å²) in [7, 11) is 0. The van der Waals surface area contributed by atoms with E-state index in [1.54, 1.807) is 20.8 Å². The number of rotatable bonds is 8. The number of esters is 2. The second kappa shape index (κ2) is 9.45. The molecular weight excluding hydrogens is 470 g/mol. The van der Waals surface area contributed by atoms with E-state index in [-0.39, 0.29) is 51.6 Å². The number of carbonyl (C=O) groups is 3. The normalized spacial score (nSPS) is 13.4. The molecule has 180 valence electrons. The fourth-order valence-corrected chi connectivity index (χ4v) is 4.57. The monoisotopic (exact) mass is 492 g/mol. The molecule has 1 aliphatic rings. The van der Waals surface area contributed by atoms with E-state index >= 15 is 0 Å². The predicted octanol–water partition coefficient (Wildman–Crippen LogP) is 4.52. The molecule has 0 spiro atoms. The summed E-state index contributed by atoms with van der Waals surface area (Å²) < 4.78 is 38.3. The van der Waals surface area contributed by atoms with Gasteiger partial charge in [-0.25, -0.2) is 27.9 Å². The molecule has 1 amide bonds. The minimum absolute atomic E-state index is 0.0226. The number of thiophene rings is 1. The number of amides is 1. The summed E-state index contributed by atoms with van der Waals surface area (Å²) in [6.45, 7) is 5.05. The number of carbonyl (C=O) groups excluding carboxylic acids is 3. The van der Waals surface area contributed by atoms with Gasteiger partial charge in [0, 0.05) is 17.7 Å². The first-order valence-corrected chi connectivity index (χ1v) is 11.5. The molecule has 9 nitrogen and oxygen atoms in total. The Morgan fingerprint density at radius 2 is 1.85 bits per heavy atom. The molecule has 1 N–H and O–H groups in total. The van der Waals surface area contributed by atoms with E-state index in [1.165, 1.54) is 12.1 Å². The van der Waals surface area contributed by atoms with Gasteiger partial charge in [-0.15, -0.1) is 11.3 Å². The van der Waals surface area contributed by atoms with E-state index in [0.29, 0.717) is 11.3 Å². The minimum Gasteiger partial charge on any atom is -0.462 e. The van der Waals surface area contributed by atoms with Gasteiger partial charge in [0.25, 0.3) is 12.3 Å². The molecule has 3 aromatic rings. The predicted molar refractivity (Wildman–Crippen MR) is 119 cm³/mol. The Hall–Kier alpha value is -3.41. The van der Waals surface area contributed by atoms with Crippen molar-refractivity contribution in [3.8, 4) is 0 Å². The summed E-state index contributed by atoms with van der Waals surface area (Å²) in [4.78, 5) is 42.3. The van der Waals surface area contributed by atoms with Crippen LogP contribution in [-0.2, 0) is 9.47 Å². The number of nitrogens with zero attached hydrogens (tertiary/aromatic N) is 3. The topological polar surface area (TPSA) is 112 Å². The Labute approximate surface area is 197 Å². The summed E-state index contributed by atoms with van der Waals surface area (Å²) in [6.07, 6.45) is -1.05. The molecular formula is C22H22F2N4O5S. The van der Waals surface area contributed by atoms with Crippen LogP contribution in [0.4, 0.5) is 13.8 Å². The zero-order valence-corrected chi connectivity index (χ0v) is 19.5. The van der Waals surface area contributed by atoms with Crippen molar-refractivity contribution in [1.82, 2.24) is 14.6 Å². The minimum atomic E-state index is -2.80. The molecule has 0 aliphatic heterocycles. The van der Waals surface area contributed by atoms with Crippen LogP contribution in [0.25, 0.3) is 5.65 Å². The zero-order chi connectivity index (χ0) is 24.6. The molecule has 0 unspecified atom stereocenters. The number of halogens is 2. The quantitative estimate of drug-likeness (QED) is 0.460. The molecule has 3 aromatic heterocycles. The van der Waals surface area contributed by atoms with Gasteiger partial charge in [-0.05, 0) is 45.2 Å². The van der Waals surface area contributed by atoms with Crippen molar-refractivity contribution in [3.05, 3.63) is 45.2 Å². The summed E-state index contributed by atoms with van der Waals surface area (Å²) in [6, 6.07) is 2.63. The molecule has 0 saturated heterocycles. The zero-order valence-electron chi connectivity index (χ0n) is 18.7. The SMILES string of the molecule is CCOC(=O)c1sc(NC(=O)c2cc3nc(C4CC4)cc(C(F)F)n3n2)c(C(=O)OCC)c1C. The van der Waals surface area contributed by atoms with Crippen LogP contribution in [0.1, 0.15) is 86.5 Å². The van der Waals surface area contributed by atoms with Crippen molar-refractivity contribution < 1.29 is 32.6 Å². The van der Waals surface area contributed by atoms with Crippen LogP contribution < -0.4 is 5.32 Å². The molecule has 0 aromatic carbocycles. The Morgan fingerprint density at radius 1 is 1.18 bits per heavy atom. The van der Waals surface area contributed by atoms with Gasteiger partial charge in [0.2, 0.25) is 0 Å². The lowest BCUT2D eigenvalue weighted by Crippen LogP contribution is -2.15. The molecule has 1 saturated carbocycles. The number of nitrogens with one attached hydrogen (secondary N) is 1. The fourth-order valence-electron chi connectivity index (χ4n) is 3.48. The average Bonchev–Trinajstić information content (AvgIpc) is 3.46. The molecule has 0 bridgehead atoms. The highest BCUT2D eigenvalue weighted by molar-refractivity contribution is 7.18. The number of hydrogen-bond acceptors (Lipinski definition) is 8. The Bertz CT molecular complexity index is 1280. The number of aromatic nitrogens is 3. The summed E-state index contributed by atoms with van der Waals surface area (Å²) in [5, 5.41) is 6.65. The lowest BCUT2D eigenvalue weighted by atomic mass is 10.1. The highest BCUT2D eigenvalue weighted by Crippen LogP contribution is 2.40. The molecule has 0 atom stereocenters. The van der Waals surface area contributed by atoms with Gasteiger partial charge in [-0.3, -0.25) is 4.79 Å². The highest BCUT2D eigenvalue weighted by Gasteiger charge is 2.30. The first-order valence-electron chi connectivity index (χ1n) is 10.7. The largest absolute Gasteiger partial charge is 0.462 e. The third-order valence-corrected chi connectivity index (χ3v) is 6.43. The molecule has 1 aliphatic carbocycles. The van der Waals surface area contributed by atoms with Gasteiger partial charge in [0.05, 0.1) is 18.8 Å². The van der Waals surface area contributed by atoms with Crippen molar-refractivity contribution in [2.75, 3.05) is 18.5 Å². The van der Waals surface area contributed by atoms with Gasteiger partial charge in [0.1, 0.15) is 15.6 Å². The van der Waals surface area contributed by atoms with E-state index in [2.05, 4.69) is 15.4 Å². The van der Waals surface area contributed by atoms with Crippen LogP contribution in [-0.4, -0.2) is 45.7 Å². The van der Waals surface area contributed by atoms with E-state index < -0.39 is 24.3 Å². The van der Waals surface area contributed by atoms with Crippen LogP contribution in [0, 0.1) is 6.92 Å². The summed E-state index contributed by atoms with van der Waals surface area (Å²) in [5.74, 6) is -1.96. The molecule has 0 radical (unpaired) electrons. The second-order valence-electron chi connectivity index (χ2n) is 7.64. The smallest absolute Gasteiger partial charge is 0.348 e. The van der Waals surface area contributed by atoms with Crippen molar-refractivity contribution >= 4 is 39.8 Å². The molecule has 12 heteroatoms. The maximum Gasteiger partial charge on any atom is 0.348 e. The summed E-state index contributed by atoms with van der Waals surface area (Å²) >= 11 is 0.863. The first-order chi connectivity index (χ1) is 16.2. The maximum atomic E-state index is 13.6. The number of alkyl halides is 2. The fraction of sp³-hybridized carbons (Fsp3) is 0.409. The van der Waals surface area contributed by atoms with Crippen LogP contribution in [0.5, 0.6) is 0 Å². The van der Waals surface area contributed by atoms with Crippen molar-refractivity contribution in [1.29, 1.82) is 0 Å². The number of fused-ring (bicyclic) bond motifs is 1. The van der Waals surface area contributed by atoms with Gasteiger partial charge in [-0.2, -0.15) is 5.10 Å². The Kier molecular flexibility index (Phi) is 6.60. The molecule has 3 heterocycles. The Balaban J connectivity index is 1.70. The maximum absolute atomic E-state index is 13.6. The highest BCUT2D eigenvalue weighted by atomic mass is 32.1. The molecule has 4 rings (SSSR count). The van der Waals surface area contributed by atoms with E-state index in [9.17, 15) is 23.2 Å². The first kappa shape index (κ1) is 23.7. The van der Waals surface area contributed by atoms with Crippen molar-refractivity contribution in [3.63, 3.8) is 0 Å². The third kappa shape index (κ3) is 4.49. The molecule has 34 heavy (non-hydrogen) atoms. The standard InChI is InChI=1S/C22H22F2N4O5S/c1-4-32-21(30)16-10(3)17(22(31)33-5-2)34-20(16)26-19(29)13-9-15-25-12(11-6-7-11)8-14(18(23)24)28(15)27-13/h8-9,11,18H,4-7H2,1-3H3,(H,26,29). The van der Waals surface area contributed by atoms with Gasteiger partial charge in [0.15, 0.2) is 11.3 Å². The van der Waals surface area contributed by atoms with Crippen LogP contribution in [0.3, 0.4) is 0 Å². The summed E-state index contributed by atoms with van der Waals surface area (Å²) in [5.41, 5.74) is 0.491. The van der Waals surface area contributed by atoms with Crippen molar-refractivity contribution in [2.24, 2.45) is 0 Å². The van der Waals surface area contributed by atoms with Gasteiger partial charge >= 0.3 is 11.9 Å².